The molecular formula is C10H22N6O. The van der Waals surface area contributed by atoms with Crippen LogP contribution in [0.3, 0.4) is 0 Å². The fourth-order valence-electron chi connectivity index (χ4n) is 0.897. The molecule has 0 bridgehead atoms. The molecule has 7 N–H and O–H groups in total. The Morgan fingerprint density at radius 2 is 2.12 bits per heavy atom. The lowest BCUT2D eigenvalue weighted by Gasteiger charge is -2.12. The van der Waals surface area contributed by atoms with E-state index in [1.165, 1.54) is 0 Å². The normalized spacial score (nSPS) is 12.5. The fraction of sp³-hybridized carbons (Fsp3) is 0.600. The lowest BCUT2D eigenvalue weighted by molar-refractivity contribution is 0.244. The van der Waals surface area contributed by atoms with Crippen molar-refractivity contribution in [2.75, 3.05) is 20.1 Å². The zero-order chi connectivity index (χ0) is 13.3. The van der Waals surface area contributed by atoms with E-state index in [0.717, 1.165) is 0 Å². The van der Waals surface area contributed by atoms with Crippen LogP contribution in [0.4, 0.5) is 4.79 Å². The number of carbonyl (C=O) groups is 1. The first-order valence-electron chi connectivity index (χ1n) is 5.45. The molecule has 0 spiro atoms. The maximum atomic E-state index is 11.4. The number of rotatable bonds is 6. The van der Waals surface area contributed by atoms with Crippen molar-refractivity contribution in [1.82, 2.24) is 16.0 Å². The maximum absolute atomic E-state index is 11.4. The van der Waals surface area contributed by atoms with Gasteiger partial charge in [0.1, 0.15) is 11.5 Å². The summed E-state index contributed by atoms with van der Waals surface area (Å²) in [6, 6.07) is -0.123. The van der Waals surface area contributed by atoms with Crippen LogP contribution in [-0.2, 0) is 0 Å². The van der Waals surface area contributed by atoms with E-state index in [4.69, 9.17) is 11.5 Å². The summed E-state index contributed by atoms with van der Waals surface area (Å²) in [5.74, 6) is 0.251. The lowest BCUT2D eigenvalue weighted by atomic mass is 10.3. The molecule has 0 aliphatic rings. The Hall–Kier alpha value is -1.76. The van der Waals surface area contributed by atoms with Gasteiger partial charge in [-0.3, -0.25) is 4.99 Å². The number of carbonyl (C=O) groups excluding carboxylic acids is 1. The van der Waals surface area contributed by atoms with Crippen LogP contribution in [-0.4, -0.2) is 38.0 Å². The van der Waals surface area contributed by atoms with Crippen LogP contribution in [0, 0.1) is 0 Å². The molecule has 0 heterocycles. The van der Waals surface area contributed by atoms with Gasteiger partial charge in [0.25, 0.3) is 0 Å². The first kappa shape index (κ1) is 15.2. The average Bonchev–Trinajstić information content (AvgIpc) is 2.30. The van der Waals surface area contributed by atoms with Gasteiger partial charge in [-0.05, 0) is 13.8 Å². The Morgan fingerprint density at radius 3 is 2.59 bits per heavy atom. The molecular weight excluding hydrogens is 220 g/mol. The van der Waals surface area contributed by atoms with Crippen molar-refractivity contribution in [2.24, 2.45) is 16.5 Å². The Bertz CT molecular complexity index is 297. The summed E-state index contributed by atoms with van der Waals surface area (Å²) in [5, 5.41) is 8.20. The number of amidine groups is 1. The monoisotopic (exact) mass is 242 g/mol. The minimum atomic E-state index is -0.362. The molecule has 0 atom stereocenters. The van der Waals surface area contributed by atoms with E-state index >= 15 is 0 Å². The molecule has 0 rings (SSSR count). The molecule has 0 saturated carbocycles. The third-order valence-electron chi connectivity index (χ3n) is 1.76. The molecule has 0 fully saturated rings. The van der Waals surface area contributed by atoms with E-state index in [0.29, 0.717) is 18.8 Å². The van der Waals surface area contributed by atoms with E-state index < -0.39 is 0 Å². The Kier molecular flexibility index (Phi) is 7.53. The zero-order valence-electron chi connectivity index (χ0n) is 10.6. The van der Waals surface area contributed by atoms with E-state index in [-0.39, 0.29) is 17.9 Å². The number of hydrogen-bond acceptors (Lipinski definition) is 4. The van der Waals surface area contributed by atoms with Gasteiger partial charge in [0.2, 0.25) is 0 Å². The molecule has 0 aliphatic heterocycles. The number of amides is 2. The Labute approximate surface area is 102 Å². The molecule has 7 heteroatoms. The zero-order valence-corrected chi connectivity index (χ0v) is 10.6. The van der Waals surface area contributed by atoms with Crippen molar-refractivity contribution in [1.29, 1.82) is 0 Å². The summed E-state index contributed by atoms with van der Waals surface area (Å²) in [6.45, 7) is 4.73. The summed E-state index contributed by atoms with van der Waals surface area (Å²) >= 11 is 0. The third-order valence-corrected chi connectivity index (χ3v) is 1.76. The van der Waals surface area contributed by atoms with Crippen molar-refractivity contribution in [3.8, 4) is 0 Å². The van der Waals surface area contributed by atoms with Crippen LogP contribution in [0.1, 0.15) is 13.8 Å². The first-order valence-corrected chi connectivity index (χ1v) is 5.45. The van der Waals surface area contributed by atoms with Gasteiger partial charge in [-0.15, -0.1) is 0 Å². The summed E-state index contributed by atoms with van der Waals surface area (Å²) in [7, 11) is 1.55. The van der Waals surface area contributed by atoms with E-state index in [1.54, 1.807) is 13.2 Å². The molecule has 0 aromatic heterocycles. The molecule has 0 saturated heterocycles. The number of hydrogen-bond donors (Lipinski definition) is 5. The minimum absolute atomic E-state index is 0.239. The second-order valence-electron chi connectivity index (χ2n) is 3.66. The summed E-state index contributed by atoms with van der Waals surface area (Å²) < 4.78 is 0. The van der Waals surface area contributed by atoms with Crippen LogP contribution in [0.5, 0.6) is 0 Å². The molecule has 7 nitrogen and oxygen atoms in total. The van der Waals surface area contributed by atoms with Crippen molar-refractivity contribution < 1.29 is 4.79 Å². The van der Waals surface area contributed by atoms with Gasteiger partial charge < -0.3 is 27.4 Å². The first-order chi connectivity index (χ1) is 8.01. The van der Waals surface area contributed by atoms with Gasteiger partial charge in [-0.25, -0.2) is 4.79 Å². The number of nitrogens with zero attached hydrogens (tertiary/aromatic N) is 1. The van der Waals surface area contributed by atoms with Crippen LogP contribution < -0.4 is 27.4 Å². The SMILES string of the molecule is CN=C(N)C(=CNC(C)C)NC(=O)NCCN. The van der Waals surface area contributed by atoms with Gasteiger partial charge in [0.15, 0.2) is 0 Å². The van der Waals surface area contributed by atoms with Gasteiger partial charge in [0.05, 0.1) is 0 Å². The molecule has 2 amide bonds. The van der Waals surface area contributed by atoms with Crippen LogP contribution in [0.2, 0.25) is 0 Å². The summed E-state index contributed by atoms with van der Waals surface area (Å²) in [6.07, 6.45) is 1.62. The number of aliphatic imine (C=N–C) groups is 1. The predicted molar refractivity (Wildman–Crippen MR) is 69.5 cm³/mol. The highest BCUT2D eigenvalue weighted by atomic mass is 16.2. The molecule has 0 unspecified atom stereocenters. The maximum Gasteiger partial charge on any atom is 0.319 e. The van der Waals surface area contributed by atoms with Crippen molar-refractivity contribution in [3.63, 3.8) is 0 Å². The molecule has 0 aromatic carbocycles. The second kappa shape index (κ2) is 8.40. The van der Waals surface area contributed by atoms with E-state index in [1.807, 2.05) is 13.8 Å². The number of urea groups is 1. The van der Waals surface area contributed by atoms with Crippen LogP contribution in [0.15, 0.2) is 16.9 Å². The van der Waals surface area contributed by atoms with E-state index in [2.05, 4.69) is 20.9 Å². The van der Waals surface area contributed by atoms with Gasteiger partial charge in [0, 0.05) is 32.4 Å². The standard InChI is InChI=1S/C10H22N6O/c1-7(2)15-6-8(9(12)13-3)16-10(17)14-5-4-11/h6-7,15H,4-5,11H2,1-3H3,(H2,12,13)(H2,14,16,17). The highest BCUT2D eigenvalue weighted by Gasteiger charge is 2.07. The average molecular weight is 242 g/mol. The molecule has 0 aliphatic carbocycles. The largest absolute Gasteiger partial charge is 0.387 e. The third kappa shape index (κ3) is 7.18. The summed E-state index contributed by atoms with van der Waals surface area (Å²) in [4.78, 5) is 15.2. The van der Waals surface area contributed by atoms with E-state index in [9.17, 15) is 4.79 Å². The molecule has 17 heavy (non-hydrogen) atoms. The van der Waals surface area contributed by atoms with Gasteiger partial charge >= 0.3 is 6.03 Å². The lowest BCUT2D eigenvalue weighted by Crippen LogP contribution is -2.41. The molecule has 0 aromatic rings. The fourth-order valence-corrected chi connectivity index (χ4v) is 0.897. The highest BCUT2D eigenvalue weighted by molar-refractivity contribution is 5.99. The second-order valence-corrected chi connectivity index (χ2v) is 3.66. The Morgan fingerprint density at radius 1 is 1.47 bits per heavy atom. The van der Waals surface area contributed by atoms with Crippen molar-refractivity contribution in [2.45, 2.75) is 19.9 Å². The Balaban J connectivity index is 4.50. The number of nitrogens with two attached hydrogens (primary N) is 2. The minimum Gasteiger partial charge on any atom is -0.387 e. The quantitative estimate of drug-likeness (QED) is 0.305. The van der Waals surface area contributed by atoms with Crippen molar-refractivity contribution >= 4 is 11.9 Å². The van der Waals surface area contributed by atoms with Crippen molar-refractivity contribution in [3.05, 3.63) is 11.9 Å². The number of nitrogens with one attached hydrogen (secondary N) is 3. The smallest absolute Gasteiger partial charge is 0.319 e. The molecule has 0 radical (unpaired) electrons. The summed E-state index contributed by atoms with van der Waals surface area (Å²) in [5.41, 5.74) is 11.4. The predicted octanol–water partition coefficient (Wildman–Crippen LogP) is -0.929. The molecule has 98 valence electrons. The topological polar surface area (TPSA) is 118 Å². The van der Waals surface area contributed by atoms with Crippen LogP contribution in [0.25, 0.3) is 0 Å². The van der Waals surface area contributed by atoms with Gasteiger partial charge in [-0.1, -0.05) is 0 Å². The highest BCUT2D eigenvalue weighted by Crippen LogP contribution is 1.89. The van der Waals surface area contributed by atoms with Crippen LogP contribution >= 0.6 is 0 Å². The van der Waals surface area contributed by atoms with Gasteiger partial charge in [-0.2, -0.15) is 0 Å².